The molecule has 0 aliphatic carbocycles. The molecule has 0 spiro atoms. The Morgan fingerprint density at radius 3 is 2.53 bits per heavy atom. The molecule has 0 aromatic carbocycles. The van der Waals surface area contributed by atoms with E-state index in [-0.39, 0.29) is 0 Å². The maximum atomic E-state index is 4.43. The smallest absolute Gasteiger partial charge is 0.134 e. The second-order valence-corrected chi connectivity index (χ2v) is 4.55. The number of nitrogens with zero attached hydrogens (tertiary/aromatic N) is 4. The van der Waals surface area contributed by atoms with Crippen LogP contribution < -0.4 is 10.6 Å². The zero-order valence-electron chi connectivity index (χ0n) is 11.9. The minimum atomic E-state index is 0.757. The van der Waals surface area contributed by atoms with Gasteiger partial charge in [0, 0.05) is 25.4 Å². The molecule has 2 aromatic rings. The van der Waals surface area contributed by atoms with E-state index >= 15 is 0 Å². The van der Waals surface area contributed by atoms with E-state index in [0.29, 0.717) is 0 Å². The Kier molecular flexibility index (Phi) is 3.99. The molecule has 0 saturated heterocycles. The van der Waals surface area contributed by atoms with E-state index in [4.69, 9.17) is 0 Å². The van der Waals surface area contributed by atoms with E-state index in [1.165, 1.54) is 5.56 Å². The van der Waals surface area contributed by atoms with Crippen molar-refractivity contribution >= 4 is 11.6 Å². The van der Waals surface area contributed by atoms with Gasteiger partial charge < -0.3 is 10.6 Å². The summed E-state index contributed by atoms with van der Waals surface area (Å²) in [6, 6.07) is 0. The minimum Gasteiger partial charge on any atom is -0.373 e. The van der Waals surface area contributed by atoms with Crippen LogP contribution in [0.25, 0.3) is 0 Å². The third-order valence-corrected chi connectivity index (χ3v) is 2.89. The summed E-state index contributed by atoms with van der Waals surface area (Å²) in [5.41, 5.74) is 2.20. The number of hydrogen-bond donors (Lipinski definition) is 2. The molecule has 0 unspecified atom stereocenters. The molecule has 2 rings (SSSR count). The number of nitrogens with one attached hydrogen (secondary N) is 2. The van der Waals surface area contributed by atoms with Crippen molar-refractivity contribution in [3.05, 3.63) is 29.3 Å². The van der Waals surface area contributed by atoms with Crippen LogP contribution in [0.1, 0.15) is 17.0 Å². The standard InChI is InChI=1S/C13H20N6/c1-9-7-16-19(8-9)6-5-15-13-10(2)12(14-4)17-11(3)18-13/h7-8H,5-6H2,1-4H3,(H2,14,15,17,18). The summed E-state index contributed by atoms with van der Waals surface area (Å²) in [4.78, 5) is 8.77. The monoisotopic (exact) mass is 260 g/mol. The highest BCUT2D eigenvalue weighted by Gasteiger charge is 2.07. The van der Waals surface area contributed by atoms with Crippen LogP contribution in [0, 0.1) is 20.8 Å². The molecular weight excluding hydrogens is 240 g/mol. The SMILES string of the molecule is CNc1nc(C)nc(NCCn2cc(C)cn2)c1C. The first-order valence-corrected chi connectivity index (χ1v) is 6.36. The number of rotatable bonds is 5. The van der Waals surface area contributed by atoms with Crippen LogP contribution >= 0.6 is 0 Å². The Morgan fingerprint density at radius 2 is 1.89 bits per heavy atom. The van der Waals surface area contributed by atoms with Crippen molar-refractivity contribution < 1.29 is 0 Å². The average molecular weight is 260 g/mol. The first kappa shape index (κ1) is 13.3. The van der Waals surface area contributed by atoms with Gasteiger partial charge in [0.05, 0.1) is 12.7 Å². The van der Waals surface area contributed by atoms with Gasteiger partial charge in [-0.05, 0) is 26.3 Å². The fourth-order valence-electron chi connectivity index (χ4n) is 1.92. The van der Waals surface area contributed by atoms with Crippen LogP contribution in [0.5, 0.6) is 0 Å². The van der Waals surface area contributed by atoms with Gasteiger partial charge in [-0.1, -0.05) is 0 Å². The Hall–Kier alpha value is -2.11. The van der Waals surface area contributed by atoms with E-state index < -0.39 is 0 Å². The highest BCUT2D eigenvalue weighted by molar-refractivity contribution is 5.56. The zero-order chi connectivity index (χ0) is 13.8. The molecule has 0 radical (unpaired) electrons. The first-order valence-electron chi connectivity index (χ1n) is 6.36. The molecule has 0 saturated carbocycles. The van der Waals surface area contributed by atoms with Crippen LogP contribution in [0.3, 0.4) is 0 Å². The van der Waals surface area contributed by atoms with Crippen LogP contribution in [0.2, 0.25) is 0 Å². The molecule has 0 bridgehead atoms. The normalized spacial score (nSPS) is 10.5. The minimum absolute atomic E-state index is 0.757. The van der Waals surface area contributed by atoms with Crippen LogP contribution in [-0.4, -0.2) is 33.3 Å². The molecular formula is C13H20N6. The Balaban J connectivity index is 2.01. The molecule has 0 aliphatic heterocycles. The van der Waals surface area contributed by atoms with E-state index in [0.717, 1.165) is 36.1 Å². The predicted molar refractivity (Wildman–Crippen MR) is 76.5 cm³/mol. The molecule has 2 heterocycles. The molecule has 0 fully saturated rings. The highest BCUT2D eigenvalue weighted by Crippen LogP contribution is 2.18. The van der Waals surface area contributed by atoms with Gasteiger partial charge in [0.15, 0.2) is 0 Å². The molecule has 0 atom stereocenters. The van der Waals surface area contributed by atoms with E-state index in [9.17, 15) is 0 Å². The predicted octanol–water partition coefficient (Wildman–Crippen LogP) is 1.75. The van der Waals surface area contributed by atoms with E-state index in [2.05, 4.69) is 25.7 Å². The summed E-state index contributed by atoms with van der Waals surface area (Å²) in [5, 5.41) is 10.7. The molecule has 2 N–H and O–H groups in total. The van der Waals surface area contributed by atoms with Crippen LogP contribution in [0.15, 0.2) is 12.4 Å². The van der Waals surface area contributed by atoms with Gasteiger partial charge in [-0.3, -0.25) is 4.68 Å². The summed E-state index contributed by atoms with van der Waals surface area (Å²) in [6.07, 6.45) is 3.89. The lowest BCUT2D eigenvalue weighted by atomic mass is 10.3. The van der Waals surface area contributed by atoms with Gasteiger partial charge in [-0.2, -0.15) is 5.10 Å². The van der Waals surface area contributed by atoms with Crippen molar-refractivity contribution in [2.75, 3.05) is 24.2 Å². The molecule has 0 aliphatic rings. The van der Waals surface area contributed by atoms with Gasteiger partial charge in [0.2, 0.25) is 0 Å². The second kappa shape index (κ2) is 5.69. The Labute approximate surface area is 113 Å². The van der Waals surface area contributed by atoms with Crippen LogP contribution in [0.4, 0.5) is 11.6 Å². The quantitative estimate of drug-likeness (QED) is 0.857. The summed E-state index contributed by atoms with van der Waals surface area (Å²) in [7, 11) is 1.87. The Bertz CT molecular complexity index is 560. The van der Waals surface area contributed by atoms with Gasteiger partial charge in [0.25, 0.3) is 0 Å². The second-order valence-electron chi connectivity index (χ2n) is 4.55. The van der Waals surface area contributed by atoms with Crippen molar-refractivity contribution in [1.29, 1.82) is 0 Å². The van der Waals surface area contributed by atoms with E-state index in [1.54, 1.807) is 0 Å². The molecule has 2 aromatic heterocycles. The summed E-state index contributed by atoms with van der Waals surface area (Å²) >= 11 is 0. The lowest BCUT2D eigenvalue weighted by Crippen LogP contribution is -2.14. The summed E-state index contributed by atoms with van der Waals surface area (Å²) in [5.74, 6) is 2.50. The maximum absolute atomic E-state index is 4.43. The van der Waals surface area contributed by atoms with Crippen molar-refractivity contribution in [1.82, 2.24) is 19.7 Å². The zero-order valence-corrected chi connectivity index (χ0v) is 11.9. The summed E-state index contributed by atoms with van der Waals surface area (Å²) < 4.78 is 1.92. The highest BCUT2D eigenvalue weighted by atomic mass is 15.3. The topological polar surface area (TPSA) is 67.7 Å². The van der Waals surface area contributed by atoms with Gasteiger partial charge in [0.1, 0.15) is 17.5 Å². The third kappa shape index (κ3) is 3.21. The van der Waals surface area contributed by atoms with Gasteiger partial charge in [-0.25, -0.2) is 9.97 Å². The molecule has 0 amide bonds. The third-order valence-electron chi connectivity index (χ3n) is 2.89. The number of aryl methyl sites for hydroxylation is 2. The Morgan fingerprint density at radius 1 is 1.16 bits per heavy atom. The number of hydrogen-bond acceptors (Lipinski definition) is 5. The van der Waals surface area contributed by atoms with Gasteiger partial charge >= 0.3 is 0 Å². The lowest BCUT2D eigenvalue weighted by molar-refractivity contribution is 0.636. The fraction of sp³-hybridized carbons (Fsp3) is 0.462. The van der Waals surface area contributed by atoms with Gasteiger partial charge in [-0.15, -0.1) is 0 Å². The van der Waals surface area contributed by atoms with Crippen molar-refractivity contribution in [3.63, 3.8) is 0 Å². The number of anilines is 2. The van der Waals surface area contributed by atoms with Crippen molar-refractivity contribution in [3.8, 4) is 0 Å². The largest absolute Gasteiger partial charge is 0.373 e. The molecule has 6 heteroatoms. The maximum Gasteiger partial charge on any atom is 0.134 e. The van der Waals surface area contributed by atoms with E-state index in [1.807, 2.05) is 44.9 Å². The molecule has 6 nitrogen and oxygen atoms in total. The lowest BCUT2D eigenvalue weighted by Gasteiger charge is -2.12. The summed E-state index contributed by atoms with van der Waals surface area (Å²) in [6.45, 7) is 7.52. The molecule has 19 heavy (non-hydrogen) atoms. The fourth-order valence-corrected chi connectivity index (χ4v) is 1.92. The van der Waals surface area contributed by atoms with Crippen LogP contribution in [-0.2, 0) is 6.54 Å². The first-order chi connectivity index (χ1) is 9.10. The number of aromatic nitrogens is 4. The van der Waals surface area contributed by atoms with Crippen molar-refractivity contribution in [2.24, 2.45) is 0 Å². The molecule has 102 valence electrons. The average Bonchev–Trinajstić information content (AvgIpc) is 2.79. The van der Waals surface area contributed by atoms with Crippen molar-refractivity contribution in [2.45, 2.75) is 27.3 Å².